The van der Waals surface area contributed by atoms with Gasteiger partial charge >= 0.3 is 11.9 Å². The van der Waals surface area contributed by atoms with Crippen molar-refractivity contribution in [3.63, 3.8) is 0 Å². The highest BCUT2D eigenvalue weighted by Crippen LogP contribution is 2.20. The zero-order valence-electron chi connectivity index (χ0n) is 22.1. The molecule has 0 aromatic carbocycles. The van der Waals surface area contributed by atoms with Gasteiger partial charge in [-0.1, -0.05) is 25.0 Å². The number of hydrogen-bond acceptors (Lipinski definition) is 7. The van der Waals surface area contributed by atoms with Crippen LogP contribution in [0.5, 0.6) is 0 Å². The van der Waals surface area contributed by atoms with Crippen LogP contribution in [0.4, 0.5) is 0 Å². The van der Waals surface area contributed by atoms with Gasteiger partial charge in [0.2, 0.25) is 0 Å². The molecule has 1 saturated heterocycles. The third kappa shape index (κ3) is 11.2. The Hall–Kier alpha value is -2.88. The Morgan fingerprint density at radius 3 is 1.61 bits per heavy atom. The summed E-state index contributed by atoms with van der Waals surface area (Å²) in [6, 6.07) is 10.3. The van der Waals surface area contributed by atoms with E-state index in [2.05, 4.69) is 9.97 Å². The van der Waals surface area contributed by atoms with Crippen LogP contribution < -0.4 is 0 Å². The normalized spacial score (nSPS) is 21.2. The van der Waals surface area contributed by atoms with E-state index in [1.807, 2.05) is 12.1 Å². The molecule has 2 aromatic heterocycles. The van der Waals surface area contributed by atoms with Crippen molar-refractivity contribution < 1.29 is 34.0 Å². The number of ether oxygens (including phenoxy) is 3. The molecule has 2 unspecified atom stereocenters. The fourth-order valence-corrected chi connectivity index (χ4v) is 4.70. The van der Waals surface area contributed by atoms with E-state index >= 15 is 0 Å². The van der Waals surface area contributed by atoms with Crippen LogP contribution in [0.3, 0.4) is 0 Å². The van der Waals surface area contributed by atoms with Gasteiger partial charge in [0.25, 0.3) is 0 Å². The third-order valence-corrected chi connectivity index (χ3v) is 6.83. The van der Waals surface area contributed by atoms with E-state index in [-0.39, 0.29) is 11.4 Å². The van der Waals surface area contributed by atoms with Crippen LogP contribution in [-0.2, 0) is 27.1 Å². The van der Waals surface area contributed by atoms with Crippen LogP contribution in [-0.4, -0.2) is 71.8 Å². The molecular weight excluding hydrogens is 488 g/mol. The number of pyridine rings is 2. The van der Waals surface area contributed by atoms with Gasteiger partial charge in [0, 0.05) is 37.8 Å². The third-order valence-electron chi connectivity index (χ3n) is 6.83. The van der Waals surface area contributed by atoms with Gasteiger partial charge in [-0.25, -0.2) is 19.6 Å². The highest BCUT2D eigenvalue weighted by molar-refractivity contribution is 5.85. The van der Waals surface area contributed by atoms with E-state index < -0.39 is 11.9 Å². The molecule has 1 aliphatic rings. The van der Waals surface area contributed by atoms with E-state index in [9.17, 15) is 19.8 Å². The van der Waals surface area contributed by atoms with E-state index in [1.54, 1.807) is 12.1 Å². The topological polar surface area (TPSA) is 128 Å². The van der Waals surface area contributed by atoms with Crippen molar-refractivity contribution in [2.24, 2.45) is 11.8 Å². The van der Waals surface area contributed by atoms with E-state index in [0.29, 0.717) is 57.9 Å². The Labute approximate surface area is 224 Å². The van der Waals surface area contributed by atoms with E-state index in [0.717, 1.165) is 62.8 Å². The molecule has 0 aliphatic carbocycles. The zero-order valence-corrected chi connectivity index (χ0v) is 22.1. The van der Waals surface area contributed by atoms with Crippen LogP contribution in [0.2, 0.25) is 0 Å². The molecule has 208 valence electrons. The Bertz CT molecular complexity index is 901. The molecule has 3 rings (SSSR count). The van der Waals surface area contributed by atoms with Crippen molar-refractivity contribution in [1.82, 2.24) is 9.97 Å². The second-order valence-electron chi connectivity index (χ2n) is 9.83. The summed E-state index contributed by atoms with van der Waals surface area (Å²) in [6.45, 7) is 3.63. The number of hydrogen-bond donors (Lipinski definition) is 2. The fraction of sp³-hybridized carbons (Fsp3) is 0.586. The van der Waals surface area contributed by atoms with Crippen LogP contribution in [0.15, 0.2) is 36.4 Å². The molecule has 0 amide bonds. The summed E-state index contributed by atoms with van der Waals surface area (Å²) in [5, 5.41) is 18.5. The summed E-state index contributed by atoms with van der Waals surface area (Å²) in [6.07, 6.45) is 8.19. The van der Waals surface area contributed by atoms with Crippen molar-refractivity contribution >= 4 is 11.9 Å². The number of carbonyl (C=O) groups is 2. The average Bonchev–Trinajstić information content (AvgIpc) is 2.91. The number of aromatic carboxylic acids is 2. The highest BCUT2D eigenvalue weighted by atomic mass is 16.5. The maximum absolute atomic E-state index is 11.3. The Kier molecular flexibility index (Phi) is 13.2. The summed E-state index contributed by atoms with van der Waals surface area (Å²) >= 11 is 0. The minimum Gasteiger partial charge on any atom is -0.477 e. The lowest BCUT2D eigenvalue weighted by Gasteiger charge is -2.19. The maximum atomic E-state index is 11.3. The molecule has 9 heteroatoms. The van der Waals surface area contributed by atoms with Gasteiger partial charge in [-0.2, -0.15) is 0 Å². The van der Waals surface area contributed by atoms with Gasteiger partial charge in [-0.05, 0) is 81.0 Å². The van der Waals surface area contributed by atoms with Gasteiger partial charge in [-0.3, -0.25) is 0 Å². The van der Waals surface area contributed by atoms with Crippen molar-refractivity contribution in [2.45, 2.75) is 57.8 Å². The number of rotatable bonds is 6. The van der Waals surface area contributed by atoms with Crippen molar-refractivity contribution in [3.8, 4) is 0 Å². The van der Waals surface area contributed by atoms with Gasteiger partial charge < -0.3 is 24.4 Å². The summed E-state index contributed by atoms with van der Waals surface area (Å²) in [5.74, 6) is -1.35. The highest BCUT2D eigenvalue weighted by Gasteiger charge is 2.15. The molecule has 0 radical (unpaired) electrons. The Morgan fingerprint density at radius 1 is 0.632 bits per heavy atom. The Morgan fingerprint density at radius 2 is 1.11 bits per heavy atom. The number of carboxylic acid groups (broad SMARTS) is 2. The van der Waals surface area contributed by atoms with E-state index in [4.69, 9.17) is 14.2 Å². The first-order chi connectivity index (χ1) is 18.5. The second-order valence-corrected chi connectivity index (χ2v) is 9.83. The largest absolute Gasteiger partial charge is 0.477 e. The van der Waals surface area contributed by atoms with Crippen LogP contribution in [0.1, 0.15) is 77.3 Å². The summed E-state index contributed by atoms with van der Waals surface area (Å²) in [5.41, 5.74) is 1.74. The van der Waals surface area contributed by atoms with Crippen LogP contribution in [0.25, 0.3) is 0 Å². The molecule has 38 heavy (non-hydrogen) atoms. The minimum atomic E-state index is -1.02. The molecular formula is C29H40N2O7. The predicted octanol–water partition coefficient (Wildman–Crippen LogP) is 4.68. The summed E-state index contributed by atoms with van der Waals surface area (Å²) < 4.78 is 17.6. The monoisotopic (exact) mass is 528 g/mol. The zero-order chi connectivity index (χ0) is 27.0. The first-order valence-corrected chi connectivity index (χ1v) is 13.6. The molecule has 0 saturated carbocycles. The maximum Gasteiger partial charge on any atom is 0.354 e. The number of nitrogens with zero attached hydrogens (tertiary/aromatic N) is 2. The van der Waals surface area contributed by atoms with Gasteiger partial charge in [0.15, 0.2) is 0 Å². The van der Waals surface area contributed by atoms with E-state index in [1.165, 1.54) is 12.1 Å². The smallest absolute Gasteiger partial charge is 0.354 e. The Balaban J connectivity index is 1.48. The van der Waals surface area contributed by atoms with Crippen LogP contribution >= 0.6 is 0 Å². The SMILES string of the molecule is O=C(O)c1cccc(CC2CCCCCOCCC(Cc3cccc(C(=O)O)n3)CCOCCOCC2)n1. The molecule has 0 spiro atoms. The molecule has 1 aliphatic heterocycles. The van der Waals surface area contributed by atoms with Crippen molar-refractivity contribution in [2.75, 3.05) is 39.6 Å². The lowest BCUT2D eigenvalue weighted by molar-refractivity contribution is 0.0349. The first kappa shape index (κ1) is 29.7. The lowest BCUT2D eigenvalue weighted by atomic mass is 9.93. The quantitative estimate of drug-likeness (QED) is 0.549. The molecule has 2 N–H and O–H groups in total. The summed E-state index contributed by atoms with van der Waals surface area (Å²) in [4.78, 5) is 31.1. The van der Waals surface area contributed by atoms with Gasteiger partial charge in [-0.15, -0.1) is 0 Å². The molecule has 0 bridgehead atoms. The second kappa shape index (κ2) is 16.9. The predicted molar refractivity (Wildman–Crippen MR) is 142 cm³/mol. The van der Waals surface area contributed by atoms with Crippen molar-refractivity contribution in [1.29, 1.82) is 0 Å². The number of aromatic nitrogens is 2. The molecule has 2 atom stereocenters. The molecule has 1 fully saturated rings. The molecule has 3 heterocycles. The lowest BCUT2D eigenvalue weighted by Crippen LogP contribution is -2.16. The van der Waals surface area contributed by atoms with Crippen LogP contribution in [0, 0.1) is 11.8 Å². The average molecular weight is 529 g/mol. The minimum absolute atomic E-state index is 0.0691. The molecule has 2 aromatic rings. The summed E-state index contributed by atoms with van der Waals surface area (Å²) in [7, 11) is 0. The van der Waals surface area contributed by atoms with Gasteiger partial charge in [0.1, 0.15) is 11.4 Å². The molecule has 9 nitrogen and oxygen atoms in total. The fourth-order valence-electron chi connectivity index (χ4n) is 4.70. The van der Waals surface area contributed by atoms with Crippen molar-refractivity contribution in [3.05, 3.63) is 59.2 Å². The first-order valence-electron chi connectivity index (χ1n) is 13.6. The van der Waals surface area contributed by atoms with Gasteiger partial charge in [0.05, 0.1) is 13.2 Å². The number of carboxylic acids is 2. The standard InChI is InChI=1S/C29H40N2O7/c32-28(33)26-9-4-7-24(30-26)20-22-6-2-1-3-14-36-15-12-23(13-17-38-19-18-37-16-11-22)21-25-8-5-10-27(31-25)29(34)35/h4-5,7-10,22-23H,1-3,6,11-21H2,(H,32,33)(H,34,35).